The van der Waals surface area contributed by atoms with Gasteiger partial charge in [0.25, 0.3) is 0 Å². The van der Waals surface area contributed by atoms with E-state index in [0.717, 1.165) is 27.8 Å². The number of nitrogens with one attached hydrogen (secondary N) is 3. The van der Waals surface area contributed by atoms with Crippen LogP contribution >= 0.6 is 0 Å². The van der Waals surface area contributed by atoms with E-state index in [-0.39, 0.29) is 36.8 Å². The van der Waals surface area contributed by atoms with Crippen molar-refractivity contribution in [3.8, 4) is 22.6 Å². The van der Waals surface area contributed by atoms with E-state index in [4.69, 9.17) is 0 Å². The Morgan fingerprint density at radius 1 is 0.784 bits per heavy atom. The average Bonchev–Trinajstić information content (AvgIpc) is 3.66. The monoisotopic (exact) mass is 687 g/mol. The molecular weight excluding hydrogens is 646 g/mol. The predicted octanol–water partition coefficient (Wildman–Crippen LogP) is 4.58. The predicted molar refractivity (Wildman–Crippen MR) is 195 cm³/mol. The van der Waals surface area contributed by atoms with Gasteiger partial charge in [-0.2, -0.15) is 0 Å². The minimum absolute atomic E-state index is 0.0810. The second-order valence-electron chi connectivity index (χ2n) is 12.3. The number of aromatic amines is 1. The molecule has 1 heterocycles. The topological polar surface area (TPSA) is 168 Å². The van der Waals surface area contributed by atoms with Crippen LogP contribution in [0.2, 0.25) is 0 Å². The summed E-state index contributed by atoms with van der Waals surface area (Å²) in [5.74, 6) is -1.72. The van der Waals surface area contributed by atoms with E-state index in [1.165, 1.54) is 29.4 Å². The highest BCUT2D eigenvalue weighted by Crippen LogP contribution is 2.20. The van der Waals surface area contributed by atoms with Crippen LogP contribution in [-0.4, -0.2) is 79.7 Å². The number of carboxylic acids is 1. The number of imidazole rings is 1. The molecule has 0 radical (unpaired) electrons. The molecule has 5 rings (SSSR count). The number of nitrogens with zero attached hydrogens (tertiary/aromatic N) is 2. The molecule has 2 amide bonds. The fourth-order valence-corrected chi connectivity index (χ4v) is 5.69. The van der Waals surface area contributed by atoms with Crippen molar-refractivity contribution in [2.45, 2.75) is 37.4 Å². The molecule has 0 bridgehead atoms. The fourth-order valence-electron chi connectivity index (χ4n) is 5.69. The molecule has 51 heavy (non-hydrogen) atoms. The third-order valence-corrected chi connectivity index (χ3v) is 8.62. The van der Waals surface area contributed by atoms with Gasteiger partial charge in [0.1, 0.15) is 23.6 Å². The van der Waals surface area contributed by atoms with E-state index < -0.39 is 30.0 Å². The summed E-state index contributed by atoms with van der Waals surface area (Å²) in [4.78, 5) is 48.2. The smallest absolute Gasteiger partial charge is 0.321 e. The number of phenols is 2. The molecule has 0 saturated heterocycles. The Balaban J connectivity index is 1.32. The molecule has 0 fully saturated rings. The number of aromatic nitrogens is 2. The summed E-state index contributed by atoms with van der Waals surface area (Å²) < 4.78 is 0. The summed E-state index contributed by atoms with van der Waals surface area (Å²) in [5, 5.41) is 35.4. The van der Waals surface area contributed by atoms with E-state index in [1.807, 2.05) is 54.6 Å². The number of amides is 2. The Morgan fingerprint density at radius 2 is 1.39 bits per heavy atom. The maximum atomic E-state index is 14.2. The van der Waals surface area contributed by atoms with Crippen LogP contribution in [0.1, 0.15) is 22.4 Å². The molecule has 0 aliphatic heterocycles. The first-order valence-corrected chi connectivity index (χ1v) is 16.5. The number of carboxylic acid groups (broad SMARTS) is 1. The van der Waals surface area contributed by atoms with Gasteiger partial charge in [-0.3, -0.25) is 14.4 Å². The zero-order chi connectivity index (χ0) is 36.2. The highest BCUT2D eigenvalue weighted by Gasteiger charge is 2.30. The van der Waals surface area contributed by atoms with Crippen molar-refractivity contribution in [3.63, 3.8) is 0 Å². The molecular formula is C40H41N5O6. The van der Waals surface area contributed by atoms with Crippen LogP contribution in [0.15, 0.2) is 122 Å². The fraction of sp³-hybridized carbons (Fsp3) is 0.200. The van der Waals surface area contributed by atoms with Gasteiger partial charge in [-0.05, 0) is 71.0 Å². The Bertz CT molecular complexity index is 1890. The van der Waals surface area contributed by atoms with E-state index >= 15 is 0 Å². The maximum absolute atomic E-state index is 14.2. The number of hydrogen-bond donors (Lipinski definition) is 6. The highest BCUT2D eigenvalue weighted by molar-refractivity contribution is 5.95. The van der Waals surface area contributed by atoms with Crippen molar-refractivity contribution < 1.29 is 29.7 Å². The first kappa shape index (κ1) is 36.1. The number of phenolic OH excluding ortho intramolecular Hbond substituents is 2. The van der Waals surface area contributed by atoms with Gasteiger partial charge >= 0.3 is 5.97 Å². The standard InChI is InChI=1S/C40H41N5O6/c1-45(33(21-28-9-16-34(46)17-10-28)25-42-37(40(50)51)22-29-11-18-35(47)19-12-29)39(49)36(23-32-24-41-26-43-32)44-38(48)20-13-27-7-14-31(15-8-27)30-5-3-2-4-6-30/h2-20,24,26,33,36-37,42,46-47H,21-23,25H2,1H3,(H,41,43)(H,44,48)(H,50,51)/b20-13+/t33-,36+,37-/m0/s1. The zero-order valence-corrected chi connectivity index (χ0v) is 28.1. The molecule has 0 spiro atoms. The SMILES string of the molecule is CN(C(=O)[C@@H](Cc1cnc[nH]1)NC(=O)/C=C/c1ccc(-c2ccccc2)cc1)[C@H](CN[C@@H](Cc1ccc(O)cc1)C(=O)O)Cc1ccc(O)cc1. The second kappa shape index (κ2) is 17.5. The molecule has 3 atom stereocenters. The van der Waals surface area contributed by atoms with Gasteiger partial charge in [-0.1, -0.05) is 78.9 Å². The lowest BCUT2D eigenvalue weighted by atomic mass is 10.0. The molecule has 5 aromatic rings. The Hall–Kier alpha value is -6.20. The van der Waals surface area contributed by atoms with Gasteiger partial charge in [0, 0.05) is 44.0 Å². The van der Waals surface area contributed by atoms with Crippen LogP contribution in [-0.2, 0) is 33.6 Å². The molecule has 0 saturated carbocycles. The van der Waals surface area contributed by atoms with Gasteiger partial charge in [-0.25, -0.2) is 4.98 Å². The number of carbonyl (C=O) groups is 3. The molecule has 0 unspecified atom stereocenters. The first-order valence-electron chi connectivity index (χ1n) is 16.5. The zero-order valence-electron chi connectivity index (χ0n) is 28.1. The molecule has 11 nitrogen and oxygen atoms in total. The van der Waals surface area contributed by atoms with Gasteiger partial charge < -0.3 is 35.8 Å². The minimum atomic E-state index is -1.06. The lowest BCUT2D eigenvalue weighted by Gasteiger charge is -2.33. The first-order chi connectivity index (χ1) is 24.6. The summed E-state index contributed by atoms with van der Waals surface area (Å²) in [6, 6.07) is 28.2. The van der Waals surface area contributed by atoms with Crippen molar-refractivity contribution in [3.05, 3.63) is 144 Å². The third-order valence-electron chi connectivity index (χ3n) is 8.62. The van der Waals surface area contributed by atoms with Gasteiger partial charge in [0.15, 0.2) is 0 Å². The lowest BCUT2D eigenvalue weighted by Crippen LogP contribution is -2.55. The summed E-state index contributed by atoms with van der Waals surface area (Å²) >= 11 is 0. The van der Waals surface area contributed by atoms with E-state index in [9.17, 15) is 29.7 Å². The van der Waals surface area contributed by atoms with Crippen molar-refractivity contribution in [1.29, 1.82) is 0 Å². The van der Waals surface area contributed by atoms with Crippen molar-refractivity contribution >= 4 is 23.9 Å². The molecule has 4 aromatic carbocycles. The molecule has 0 aliphatic rings. The Labute approximate surface area is 296 Å². The number of hydrogen-bond acceptors (Lipinski definition) is 7. The number of carbonyl (C=O) groups excluding carboxylic acids is 2. The van der Waals surface area contributed by atoms with Gasteiger partial charge in [-0.15, -0.1) is 0 Å². The third kappa shape index (κ3) is 10.6. The maximum Gasteiger partial charge on any atom is 0.321 e. The van der Waals surface area contributed by atoms with E-state index in [2.05, 4.69) is 20.6 Å². The Kier molecular flexibility index (Phi) is 12.4. The molecule has 6 N–H and O–H groups in total. The molecule has 0 aliphatic carbocycles. The van der Waals surface area contributed by atoms with Crippen molar-refractivity contribution in [1.82, 2.24) is 25.5 Å². The van der Waals surface area contributed by atoms with Crippen LogP contribution in [0.25, 0.3) is 17.2 Å². The van der Waals surface area contributed by atoms with Crippen LogP contribution in [0.4, 0.5) is 0 Å². The number of likely N-dealkylation sites (N-methyl/N-ethyl adjacent to an activating group) is 1. The van der Waals surface area contributed by atoms with Crippen LogP contribution in [0.3, 0.4) is 0 Å². The number of rotatable bonds is 16. The number of aliphatic carboxylic acids is 1. The summed E-state index contributed by atoms with van der Waals surface area (Å²) in [6.45, 7) is 0.113. The van der Waals surface area contributed by atoms with Gasteiger partial charge in [0.2, 0.25) is 11.8 Å². The molecule has 1 aromatic heterocycles. The number of benzene rings is 4. The molecule has 11 heteroatoms. The largest absolute Gasteiger partial charge is 0.508 e. The Morgan fingerprint density at radius 3 is 1.98 bits per heavy atom. The number of aromatic hydroxyl groups is 2. The normalized spacial score (nSPS) is 13.0. The summed E-state index contributed by atoms with van der Waals surface area (Å²) in [6.07, 6.45) is 6.80. The second-order valence-corrected chi connectivity index (χ2v) is 12.3. The minimum Gasteiger partial charge on any atom is -0.508 e. The quantitative estimate of drug-likeness (QED) is 0.0820. The van der Waals surface area contributed by atoms with Crippen LogP contribution < -0.4 is 10.6 Å². The van der Waals surface area contributed by atoms with Crippen molar-refractivity contribution in [2.75, 3.05) is 13.6 Å². The van der Waals surface area contributed by atoms with Crippen LogP contribution in [0, 0.1) is 0 Å². The van der Waals surface area contributed by atoms with Crippen LogP contribution in [0.5, 0.6) is 11.5 Å². The summed E-state index contributed by atoms with van der Waals surface area (Å²) in [5.41, 5.74) is 5.14. The van der Waals surface area contributed by atoms with Crippen molar-refractivity contribution in [2.24, 2.45) is 0 Å². The average molecular weight is 688 g/mol. The molecule has 262 valence electrons. The van der Waals surface area contributed by atoms with E-state index in [0.29, 0.717) is 12.1 Å². The summed E-state index contributed by atoms with van der Waals surface area (Å²) in [7, 11) is 1.63. The van der Waals surface area contributed by atoms with E-state index in [1.54, 1.807) is 55.7 Å². The lowest BCUT2D eigenvalue weighted by molar-refractivity contribution is -0.139. The highest BCUT2D eigenvalue weighted by atomic mass is 16.4. The number of H-pyrrole nitrogens is 1. The van der Waals surface area contributed by atoms with Gasteiger partial charge in [0.05, 0.1) is 6.33 Å².